The summed E-state index contributed by atoms with van der Waals surface area (Å²) in [4.78, 5) is 3.22. The molecule has 0 aliphatic heterocycles. The molecular weight excluding hydrogens is 312 g/mol. The molecule has 1 heterocycles. The largest absolute Gasteiger partial charge is 0.379 e. The number of halogens is 1. The summed E-state index contributed by atoms with van der Waals surface area (Å²) in [7, 11) is 0. The van der Waals surface area contributed by atoms with Gasteiger partial charge < -0.3 is 14.3 Å². The molecule has 2 aromatic rings. The van der Waals surface area contributed by atoms with E-state index >= 15 is 0 Å². The molecule has 3 rings (SSSR count). The van der Waals surface area contributed by atoms with Crippen molar-refractivity contribution < 1.29 is 4.74 Å². The van der Waals surface area contributed by atoms with E-state index in [1.54, 1.807) is 0 Å². The van der Waals surface area contributed by atoms with Gasteiger partial charge in [-0.1, -0.05) is 15.9 Å². The van der Waals surface area contributed by atoms with E-state index in [1.165, 1.54) is 12.8 Å². The number of benzene rings is 1. The van der Waals surface area contributed by atoms with Crippen molar-refractivity contribution >= 4 is 39.2 Å². The van der Waals surface area contributed by atoms with Crippen LogP contribution < -0.4 is 0 Å². The molecule has 96 valence electrons. The van der Waals surface area contributed by atoms with E-state index in [0.29, 0.717) is 0 Å². The lowest BCUT2D eigenvalue weighted by Gasteiger charge is -2.05. The summed E-state index contributed by atoms with van der Waals surface area (Å²) in [6, 6.07) is 6.16. The minimum atomic E-state index is 0.730. The van der Waals surface area contributed by atoms with E-state index in [2.05, 4.69) is 31.5 Å². The number of rotatable bonds is 5. The maximum Gasteiger partial charge on any atom is 0.178 e. The summed E-state index contributed by atoms with van der Waals surface area (Å²) in [5, 5.41) is 0. The van der Waals surface area contributed by atoms with Crippen LogP contribution in [-0.4, -0.2) is 22.8 Å². The number of imidazole rings is 1. The van der Waals surface area contributed by atoms with Gasteiger partial charge in [0.1, 0.15) is 0 Å². The smallest absolute Gasteiger partial charge is 0.178 e. The molecule has 0 radical (unpaired) electrons. The Labute approximate surface area is 119 Å². The van der Waals surface area contributed by atoms with E-state index in [1.807, 2.05) is 12.1 Å². The van der Waals surface area contributed by atoms with Gasteiger partial charge in [0.15, 0.2) is 4.77 Å². The zero-order valence-corrected chi connectivity index (χ0v) is 12.4. The van der Waals surface area contributed by atoms with Crippen molar-refractivity contribution in [1.82, 2.24) is 9.55 Å². The molecule has 3 nitrogen and oxygen atoms in total. The molecular formula is C13H15BrN2OS. The van der Waals surface area contributed by atoms with Crippen LogP contribution in [0.5, 0.6) is 0 Å². The highest BCUT2D eigenvalue weighted by Crippen LogP contribution is 2.28. The number of fused-ring (bicyclic) bond motifs is 1. The SMILES string of the molecule is S=c1[nH]c2cc(Br)ccc2n1CCOCC1CC1. The fourth-order valence-corrected chi connectivity index (χ4v) is 2.71. The van der Waals surface area contributed by atoms with E-state index in [-0.39, 0.29) is 0 Å². The summed E-state index contributed by atoms with van der Waals surface area (Å²) in [5.41, 5.74) is 2.20. The van der Waals surface area contributed by atoms with Gasteiger partial charge in [0.05, 0.1) is 17.6 Å². The maximum absolute atomic E-state index is 5.67. The average molecular weight is 327 g/mol. The monoisotopic (exact) mass is 326 g/mol. The molecule has 18 heavy (non-hydrogen) atoms. The van der Waals surface area contributed by atoms with Gasteiger partial charge >= 0.3 is 0 Å². The van der Waals surface area contributed by atoms with E-state index in [0.717, 1.165) is 46.0 Å². The first kappa shape index (κ1) is 12.4. The lowest BCUT2D eigenvalue weighted by atomic mass is 10.3. The second-order valence-electron chi connectivity index (χ2n) is 4.76. The number of nitrogens with one attached hydrogen (secondary N) is 1. The molecule has 1 N–H and O–H groups in total. The first-order valence-corrected chi connectivity index (χ1v) is 7.40. The van der Waals surface area contributed by atoms with Crippen molar-refractivity contribution in [3.8, 4) is 0 Å². The highest BCUT2D eigenvalue weighted by Gasteiger charge is 2.20. The fourth-order valence-electron chi connectivity index (χ4n) is 2.05. The van der Waals surface area contributed by atoms with Crippen LogP contribution >= 0.6 is 28.1 Å². The molecule has 1 aromatic carbocycles. The average Bonchev–Trinajstić information content (AvgIpc) is 3.10. The van der Waals surface area contributed by atoms with Crippen molar-refractivity contribution in [3.05, 3.63) is 27.4 Å². The molecule has 0 spiro atoms. The van der Waals surface area contributed by atoms with Crippen LogP contribution in [0.2, 0.25) is 0 Å². The molecule has 0 saturated heterocycles. The van der Waals surface area contributed by atoms with Crippen molar-refractivity contribution in [2.24, 2.45) is 5.92 Å². The Morgan fingerprint density at radius 3 is 3.06 bits per heavy atom. The number of ether oxygens (including phenoxy) is 1. The topological polar surface area (TPSA) is 29.9 Å². The summed E-state index contributed by atoms with van der Waals surface area (Å²) in [6.45, 7) is 2.45. The van der Waals surface area contributed by atoms with Gasteiger partial charge in [-0.25, -0.2) is 0 Å². The molecule has 1 aliphatic rings. The Morgan fingerprint density at radius 2 is 2.28 bits per heavy atom. The molecule has 1 aromatic heterocycles. The van der Waals surface area contributed by atoms with E-state index in [9.17, 15) is 0 Å². The third kappa shape index (κ3) is 2.68. The van der Waals surface area contributed by atoms with Crippen molar-refractivity contribution in [1.29, 1.82) is 0 Å². The van der Waals surface area contributed by atoms with E-state index < -0.39 is 0 Å². The highest BCUT2D eigenvalue weighted by atomic mass is 79.9. The fraction of sp³-hybridized carbons (Fsp3) is 0.462. The third-order valence-electron chi connectivity index (χ3n) is 3.25. The first-order valence-electron chi connectivity index (χ1n) is 6.20. The standard InChI is InChI=1S/C13H15BrN2OS/c14-10-3-4-12-11(7-10)15-13(18)16(12)5-6-17-8-9-1-2-9/h3-4,7,9H,1-2,5-6,8H2,(H,15,18). The van der Waals surface area contributed by atoms with Crippen LogP contribution in [0.4, 0.5) is 0 Å². The first-order chi connectivity index (χ1) is 8.74. The van der Waals surface area contributed by atoms with Crippen LogP contribution in [-0.2, 0) is 11.3 Å². The Balaban J connectivity index is 1.73. The minimum Gasteiger partial charge on any atom is -0.379 e. The van der Waals surface area contributed by atoms with E-state index in [4.69, 9.17) is 17.0 Å². The van der Waals surface area contributed by atoms with Crippen LogP contribution in [0, 0.1) is 10.7 Å². The van der Waals surface area contributed by atoms with Crippen LogP contribution in [0.25, 0.3) is 11.0 Å². The van der Waals surface area contributed by atoms with Gasteiger partial charge in [0.25, 0.3) is 0 Å². The van der Waals surface area contributed by atoms with Crippen molar-refractivity contribution in [2.45, 2.75) is 19.4 Å². The zero-order chi connectivity index (χ0) is 12.5. The second kappa shape index (κ2) is 5.15. The normalized spacial score (nSPS) is 15.4. The minimum absolute atomic E-state index is 0.730. The number of nitrogens with zero attached hydrogens (tertiary/aromatic N) is 1. The number of aromatic amines is 1. The third-order valence-corrected chi connectivity index (χ3v) is 4.06. The number of H-pyrrole nitrogens is 1. The quantitative estimate of drug-likeness (QED) is 0.667. The summed E-state index contributed by atoms with van der Waals surface area (Å²) in [6.07, 6.45) is 2.67. The molecule has 0 unspecified atom stereocenters. The number of hydrogen-bond donors (Lipinski definition) is 1. The Hall–Kier alpha value is -0.650. The number of hydrogen-bond acceptors (Lipinski definition) is 2. The van der Waals surface area contributed by atoms with Crippen LogP contribution in [0.15, 0.2) is 22.7 Å². The van der Waals surface area contributed by atoms with Crippen LogP contribution in [0.1, 0.15) is 12.8 Å². The summed E-state index contributed by atoms with van der Waals surface area (Å²) in [5.74, 6) is 0.817. The zero-order valence-electron chi connectivity index (χ0n) is 9.99. The summed E-state index contributed by atoms with van der Waals surface area (Å²) < 4.78 is 9.59. The molecule has 1 saturated carbocycles. The molecule has 5 heteroatoms. The van der Waals surface area contributed by atoms with Gasteiger partial charge in [-0.3, -0.25) is 0 Å². The van der Waals surface area contributed by atoms with Gasteiger partial charge in [0, 0.05) is 17.6 Å². The molecule has 0 atom stereocenters. The predicted octanol–water partition coefficient (Wildman–Crippen LogP) is 3.89. The molecule has 1 fully saturated rings. The Kier molecular flexibility index (Phi) is 3.54. The maximum atomic E-state index is 5.67. The van der Waals surface area contributed by atoms with Crippen LogP contribution in [0.3, 0.4) is 0 Å². The molecule has 0 bridgehead atoms. The lowest BCUT2D eigenvalue weighted by Crippen LogP contribution is -2.07. The van der Waals surface area contributed by atoms with Gasteiger partial charge in [-0.05, 0) is 49.2 Å². The highest BCUT2D eigenvalue weighted by molar-refractivity contribution is 9.10. The van der Waals surface area contributed by atoms with Crippen molar-refractivity contribution in [3.63, 3.8) is 0 Å². The summed E-state index contributed by atoms with van der Waals surface area (Å²) >= 11 is 8.81. The second-order valence-corrected chi connectivity index (χ2v) is 6.06. The molecule has 0 amide bonds. The lowest BCUT2D eigenvalue weighted by molar-refractivity contribution is 0.117. The van der Waals surface area contributed by atoms with Gasteiger partial charge in [0.2, 0.25) is 0 Å². The van der Waals surface area contributed by atoms with Gasteiger partial charge in [-0.15, -0.1) is 0 Å². The Morgan fingerprint density at radius 1 is 1.44 bits per heavy atom. The van der Waals surface area contributed by atoms with Gasteiger partial charge in [-0.2, -0.15) is 0 Å². The number of aromatic nitrogens is 2. The predicted molar refractivity (Wildman–Crippen MR) is 78.4 cm³/mol. The van der Waals surface area contributed by atoms with Crippen molar-refractivity contribution in [2.75, 3.05) is 13.2 Å². The Bertz CT molecular complexity index is 615. The molecule has 1 aliphatic carbocycles.